The first-order chi connectivity index (χ1) is 10.3. The smallest absolute Gasteiger partial charge is 0.0436 e. The topological polar surface area (TPSA) is 3.24 Å². The van der Waals surface area contributed by atoms with Gasteiger partial charge in [0.05, 0.1) is 0 Å². The van der Waals surface area contributed by atoms with Crippen molar-refractivity contribution in [1.82, 2.24) is 0 Å². The van der Waals surface area contributed by atoms with E-state index in [-0.39, 0.29) is 0 Å². The van der Waals surface area contributed by atoms with Gasteiger partial charge in [-0.05, 0) is 73.3 Å². The maximum atomic E-state index is 2.71. The summed E-state index contributed by atoms with van der Waals surface area (Å²) in [5.41, 5.74) is 4.96. The minimum absolute atomic E-state index is 0.756. The van der Waals surface area contributed by atoms with Crippen LogP contribution in [0.15, 0.2) is 18.2 Å². The number of hydrogen-bond donors (Lipinski definition) is 0. The van der Waals surface area contributed by atoms with E-state index in [1.165, 1.54) is 51.6 Å². The van der Waals surface area contributed by atoms with E-state index in [4.69, 9.17) is 0 Å². The fourth-order valence-electron chi connectivity index (χ4n) is 4.32. The summed E-state index contributed by atoms with van der Waals surface area (Å²) in [6.07, 6.45) is 8.55. The molecule has 114 valence electrons. The molecule has 3 fully saturated rings. The molecule has 0 radical (unpaired) electrons. The van der Waals surface area contributed by atoms with Crippen LogP contribution in [0.25, 0.3) is 0 Å². The van der Waals surface area contributed by atoms with E-state index >= 15 is 0 Å². The molecule has 2 unspecified atom stereocenters. The molecular formula is C20H29N. The van der Waals surface area contributed by atoms with Crippen LogP contribution in [0.3, 0.4) is 0 Å². The molecule has 21 heavy (non-hydrogen) atoms. The van der Waals surface area contributed by atoms with Crippen molar-refractivity contribution in [3.63, 3.8) is 0 Å². The molecule has 1 aliphatic heterocycles. The lowest BCUT2D eigenvalue weighted by molar-refractivity contribution is 0.641. The predicted octanol–water partition coefficient (Wildman–Crippen LogP) is 5.31. The van der Waals surface area contributed by atoms with Gasteiger partial charge in [0.15, 0.2) is 0 Å². The molecule has 0 N–H and O–H groups in total. The Bertz CT molecular complexity index is 470. The molecule has 3 aliphatic rings. The minimum Gasteiger partial charge on any atom is -0.371 e. The first-order valence-electron chi connectivity index (χ1n) is 9.13. The van der Waals surface area contributed by atoms with Crippen LogP contribution >= 0.6 is 0 Å². The van der Waals surface area contributed by atoms with Crippen LogP contribution in [0.5, 0.6) is 0 Å². The van der Waals surface area contributed by atoms with Crippen LogP contribution in [0.4, 0.5) is 5.69 Å². The fourth-order valence-corrected chi connectivity index (χ4v) is 4.32. The van der Waals surface area contributed by atoms with E-state index in [9.17, 15) is 0 Å². The van der Waals surface area contributed by atoms with Crippen molar-refractivity contribution in [1.29, 1.82) is 0 Å². The molecule has 1 heterocycles. The number of anilines is 1. The third kappa shape index (κ3) is 2.60. The Labute approximate surface area is 129 Å². The van der Waals surface area contributed by atoms with Crippen LogP contribution in [-0.4, -0.2) is 13.1 Å². The summed E-state index contributed by atoms with van der Waals surface area (Å²) in [5.74, 6) is 3.43. The third-order valence-corrected chi connectivity index (χ3v) is 6.16. The summed E-state index contributed by atoms with van der Waals surface area (Å²) in [5, 5.41) is 0. The van der Waals surface area contributed by atoms with Gasteiger partial charge >= 0.3 is 0 Å². The van der Waals surface area contributed by atoms with Gasteiger partial charge in [-0.15, -0.1) is 0 Å². The molecule has 1 aromatic carbocycles. The second-order valence-electron chi connectivity index (χ2n) is 7.73. The molecule has 2 atom stereocenters. The first-order valence-corrected chi connectivity index (χ1v) is 9.13. The summed E-state index contributed by atoms with van der Waals surface area (Å²) in [4.78, 5) is 2.71. The highest BCUT2D eigenvalue weighted by atomic mass is 15.1. The average molecular weight is 283 g/mol. The lowest BCUT2D eigenvalue weighted by Crippen LogP contribution is -2.23. The van der Waals surface area contributed by atoms with E-state index in [1.54, 1.807) is 16.8 Å². The Kier molecular flexibility index (Phi) is 3.47. The van der Waals surface area contributed by atoms with Gasteiger partial charge in [-0.1, -0.05) is 32.0 Å². The van der Waals surface area contributed by atoms with Crippen molar-refractivity contribution in [2.24, 2.45) is 11.8 Å². The van der Waals surface area contributed by atoms with Gasteiger partial charge in [-0.25, -0.2) is 0 Å². The van der Waals surface area contributed by atoms with Gasteiger partial charge in [0.2, 0.25) is 0 Å². The molecule has 4 rings (SSSR count). The zero-order valence-electron chi connectivity index (χ0n) is 13.6. The summed E-state index contributed by atoms with van der Waals surface area (Å²) in [7, 11) is 0. The highest BCUT2D eigenvalue weighted by Crippen LogP contribution is 2.50. The van der Waals surface area contributed by atoms with Crippen molar-refractivity contribution >= 4 is 5.69 Å². The molecule has 0 amide bonds. The molecule has 0 spiro atoms. The number of rotatable bonds is 5. The van der Waals surface area contributed by atoms with Gasteiger partial charge in [0, 0.05) is 18.8 Å². The Balaban J connectivity index is 1.75. The predicted molar refractivity (Wildman–Crippen MR) is 90.2 cm³/mol. The largest absolute Gasteiger partial charge is 0.371 e. The lowest BCUT2D eigenvalue weighted by Gasteiger charge is -2.30. The second-order valence-corrected chi connectivity index (χ2v) is 7.73. The average Bonchev–Trinajstić information content (AvgIpc) is 3.43. The minimum atomic E-state index is 0.756. The van der Waals surface area contributed by atoms with Gasteiger partial charge in [-0.2, -0.15) is 0 Å². The van der Waals surface area contributed by atoms with Crippen LogP contribution in [0, 0.1) is 11.8 Å². The molecule has 2 aliphatic carbocycles. The molecule has 1 nitrogen and oxygen atoms in total. The van der Waals surface area contributed by atoms with Gasteiger partial charge in [0.25, 0.3) is 0 Å². The van der Waals surface area contributed by atoms with E-state index in [2.05, 4.69) is 36.9 Å². The van der Waals surface area contributed by atoms with E-state index in [0.717, 1.165) is 23.7 Å². The van der Waals surface area contributed by atoms with E-state index in [1.807, 2.05) is 0 Å². The monoisotopic (exact) mass is 283 g/mol. The number of nitrogens with zero attached hydrogens (tertiary/aromatic N) is 1. The summed E-state index contributed by atoms with van der Waals surface area (Å²) in [6, 6.07) is 7.20. The molecule has 1 saturated heterocycles. The van der Waals surface area contributed by atoms with Gasteiger partial charge in [0.1, 0.15) is 0 Å². The highest BCUT2D eigenvalue weighted by molar-refractivity contribution is 5.63. The number of benzene rings is 1. The summed E-state index contributed by atoms with van der Waals surface area (Å²) >= 11 is 0. The zero-order chi connectivity index (χ0) is 14.4. The summed E-state index contributed by atoms with van der Waals surface area (Å²) in [6.45, 7) is 7.49. The maximum Gasteiger partial charge on any atom is 0.0436 e. The summed E-state index contributed by atoms with van der Waals surface area (Å²) < 4.78 is 0. The number of hydrogen-bond acceptors (Lipinski definition) is 1. The fraction of sp³-hybridized carbons (Fsp3) is 0.700. The SMILES string of the molecule is CC(c1cccc(C(C)C2CC2)c1N1CCCC1)C1CC1. The van der Waals surface area contributed by atoms with Crippen LogP contribution in [0.2, 0.25) is 0 Å². The Morgan fingerprint density at radius 2 is 1.33 bits per heavy atom. The third-order valence-electron chi connectivity index (χ3n) is 6.16. The van der Waals surface area contributed by atoms with Crippen molar-refractivity contribution in [2.75, 3.05) is 18.0 Å². The molecule has 2 saturated carbocycles. The Hall–Kier alpha value is -0.980. The Morgan fingerprint density at radius 3 is 1.76 bits per heavy atom. The molecule has 1 aromatic rings. The molecule has 0 aromatic heterocycles. The first kappa shape index (κ1) is 13.7. The Morgan fingerprint density at radius 1 is 0.857 bits per heavy atom. The second kappa shape index (κ2) is 5.34. The van der Waals surface area contributed by atoms with Crippen molar-refractivity contribution in [2.45, 2.75) is 64.2 Å². The maximum absolute atomic E-state index is 2.71. The number of para-hydroxylation sites is 1. The standard InChI is InChI=1S/C20H29N/c1-14(16-8-9-16)18-6-5-7-19(15(2)17-10-11-17)20(18)21-12-3-4-13-21/h5-7,14-17H,3-4,8-13H2,1-2H3. The molecular weight excluding hydrogens is 254 g/mol. The van der Waals surface area contributed by atoms with Gasteiger partial charge < -0.3 is 4.90 Å². The zero-order valence-corrected chi connectivity index (χ0v) is 13.6. The lowest BCUT2D eigenvalue weighted by atomic mass is 9.86. The quantitative estimate of drug-likeness (QED) is 0.707. The van der Waals surface area contributed by atoms with Crippen molar-refractivity contribution in [3.05, 3.63) is 29.3 Å². The van der Waals surface area contributed by atoms with Gasteiger partial charge in [-0.3, -0.25) is 0 Å². The molecule has 1 heteroatoms. The normalized spacial score (nSPS) is 25.1. The van der Waals surface area contributed by atoms with E-state index < -0.39 is 0 Å². The van der Waals surface area contributed by atoms with E-state index in [0.29, 0.717) is 0 Å². The molecule has 0 bridgehead atoms. The van der Waals surface area contributed by atoms with Crippen LogP contribution in [-0.2, 0) is 0 Å². The highest BCUT2D eigenvalue weighted by Gasteiger charge is 2.35. The van der Waals surface area contributed by atoms with Crippen molar-refractivity contribution < 1.29 is 0 Å². The van der Waals surface area contributed by atoms with Crippen LogP contribution in [0.1, 0.15) is 75.3 Å². The van der Waals surface area contributed by atoms with Crippen LogP contribution < -0.4 is 4.90 Å². The van der Waals surface area contributed by atoms with Crippen molar-refractivity contribution in [3.8, 4) is 0 Å².